The molecule has 0 saturated heterocycles. The van der Waals surface area contributed by atoms with E-state index in [4.69, 9.17) is 16.3 Å². The van der Waals surface area contributed by atoms with Crippen molar-refractivity contribution < 1.29 is 14.5 Å². The van der Waals surface area contributed by atoms with Gasteiger partial charge >= 0.3 is 0 Å². The van der Waals surface area contributed by atoms with Crippen LogP contribution in [0.1, 0.15) is 15.9 Å². The van der Waals surface area contributed by atoms with Gasteiger partial charge < -0.3 is 10.1 Å². The van der Waals surface area contributed by atoms with Gasteiger partial charge in [-0.3, -0.25) is 14.9 Å². The molecule has 0 heterocycles. The summed E-state index contributed by atoms with van der Waals surface area (Å²) in [4.78, 5) is 22.5. The summed E-state index contributed by atoms with van der Waals surface area (Å²) < 4.78 is 5.17. The van der Waals surface area contributed by atoms with Crippen molar-refractivity contribution in [1.82, 2.24) is 0 Å². The van der Waals surface area contributed by atoms with Crippen LogP contribution in [-0.2, 0) is 0 Å². The minimum Gasteiger partial charge on any atom is -0.495 e. The highest BCUT2D eigenvalue weighted by Crippen LogP contribution is 2.28. The SMILES string of the molecule is COc1ccc(C)cc1NC(=O)c1ccc(Cl)c([N+](=O)[O-])c1. The molecule has 0 saturated carbocycles. The van der Waals surface area contributed by atoms with Gasteiger partial charge in [0.2, 0.25) is 0 Å². The van der Waals surface area contributed by atoms with Crippen LogP contribution in [0.4, 0.5) is 11.4 Å². The molecular formula is C15H13ClN2O4. The van der Waals surface area contributed by atoms with Gasteiger partial charge in [-0.2, -0.15) is 0 Å². The molecule has 0 fully saturated rings. The molecule has 2 aromatic carbocycles. The average Bonchev–Trinajstić information content (AvgIpc) is 2.47. The van der Waals surface area contributed by atoms with Crippen molar-refractivity contribution in [1.29, 1.82) is 0 Å². The molecule has 1 N–H and O–H groups in total. The number of anilines is 1. The number of nitrogens with zero attached hydrogens (tertiary/aromatic N) is 1. The Bertz CT molecular complexity index is 746. The number of benzene rings is 2. The van der Waals surface area contributed by atoms with Crippen molar-refractivity contribution in [3.8, 4) is 5.75 Å². The van der Waals surface area contributed by atoms with Gasteiger partial charge in [-0.1, -0.05) is 17.7 Å². The third kappa shape index (κ3) is 3.35. The van der Waals surface area contributed by atoms with E-state index in [0.29, 0.717) is 11.4 Å². The zero-order valence-corrected chi connectivity index (χ0v) is 12.7. The molecule has 0 radical (unpaired) electrons. The fraction of sp³-hybridized carbons (Fsp3) is 0.133. The molecule has 6 nitrogen and oxygen atoms in total. The first-order valence-corrected chi connectivity index (χ1v) is 6.70. The third-order valence-electron chi connectivity index (χ3n) is 3.01. The maximum absolute atomic E-state index is 12.2. The van der Waals surface area contributed by atoms with Crippen LogP contribution in [0.2, 0.25) is 5.02 Å². The van der Waals surface area contributed by atoms with E-state index in [9.17, 15) is 14.9 Å². The highest BCUT2D eigenvalue weighted by Gasteiger charge is 2.17. The Balaban J connectivity index is 2.32. The number of hydrogen-bond donors (Lipinski definition) is 1. The van der Waals surface area contributed by atoms with Crippen LogP contribution in [0.15, 0.2) is 36.4 Å². The van der Waals surface area contributed by atoms with Crippen molar-refractivity contribution in [3.63, 3.8) is 0 Å². The lowest BCUT2D eigenvalue weighted by Gasteiger charge is -2.11. The van der Waals surface area contributed by atoms with Crippen LogP contribution in [0, 0.1) is 17.0 Å². The average molecular weight is 321 g/mol. The van der Waals surface area contributed by atoms with Crippen LogP contribution in [0.3, 0.4) is 0 Å². The molecule has 0 aliphatic rings. The van der Waals surface area contributed by atoms with Crippen LogP contribution >= 0.6 is 11.6 Å². The van der Waals surface area contributed by atoms with E-state index in [-0.39, 0.29) is 16.3 Å². The molecule has 0 aliphatic carbocycles. The monoisotopic (exact) mass is 320 g/mol. The number of carbonyl (C=O) groups is 1. The molecule has 2 aromatic rings. The van der Waals surface area contributed by atoms with Crippen molar-refractivity contribution >= 4 is 28.9 Å². The van der Waals surface area contributed by atoms with E-state index >= 15 is 0 Å². The number of halogens is 1. The Morgan fingerprint density at radius 2 is 2.00 bits per heavy atom. The maximum atomic E-state index is 12.2. The number of carbonyl (C=O) groups excluding carboxylic acids is 1. The zero-order valence-electron chi connectivity index (χ0n) is 11.9. The summed E-state index contributed by atoms with van der Waals surface area (Å²) in [6.07, 6.45) is 0. The van der Waals surface area contributed by atoms with Crippen LogP contribution in [0.25, 0.3) is 0 Å². The standard InChI is InChI=1S/C15H13ClN2O4/c1-9-3-6-14(22-2)12(7-9)17-15(19)10-4-5-11(16)13(8-10)18(20)21/h3-8H,1-2H3,(H,17,19). The highest BCUT2D eigenvalue weighted by molar-refractivity contribution is 6.32. The second-order valence-corrected chi connectivity index (χ2v) is 4.99. The van der Waals surface area contributed by atoms with Crippen LogP contribution in [0.5, 0.6) is 5.75 Å². The van der Waals surface area contributed by atoms with E-state index in [1.165, 1.54) is 19.2 Å². The van der Waals surface area contributed by atoms with E-state index in [1.54, 1.807) is 12.1 Å². The Morgan fingerprint density at radius 1 is 1.27 bits per heavy atom. The largest absolute Gasteiger partial charge is 0.495 e. The minimum absolute atomic E-state index is 0.0188. The van der Waals surface area contributed by atoms with Gasteiger partial charge in [-0.05, 0) is 36.8 Å². The summed E-state index contributed by atoms with van der Waals surface area (Å²) >= 11 is 5.73. The molecule has 0 spiro atoms. The predicted molar refractivity (Wildman–Crippen MR) is 83.8 cm³/mol. The second-order valence-electron chi connectivity index (χ2n) is 4.58. The van der Waals surface area contributed by atoms with E-state index in [0.717, 1.165) is 11.6 Å². The number of nitro benzene ring substituents is 1. The predicted octanol–water partition coefficient (Wildman–Crippen LogP) is 3.82. The molecule has 7 heteroatoms. The number of nitro groups is 1. The lowest BCUT2D eigenvalue weighted by atomic mass is 10.1. The second kappa shape index (κ2) is 6.44. The zero-order chi connectivity index (χ0) is 16.3. The Hall–Kier alpha value is -2.60. The number of methoxy groups -OCH3 is 1. The van der Waals surface area contributed by atoms with Crippen molar-refractivity contribution in [2.45, 2.75) is 6.92 Å². The van der Waals surface area contributed by atoms with Crippen molar-refractivity contribution in [2.24, 2.45) is 0 Å². The number of nitrogens with one attached hydrogen (secondary N) is 1. The quantitative estimate of drug-likeness (QED) is 0.686. The smallest absolute Gasteiger partial charge is 0.288 e. The topological polar surface area (TPSA) is 81.5 Å². The summed E-state index contributed by atoms with van der Waals surface area (Å²) in [6, 6.07) is 9.22. The third-order valence-corrected chi connectivity index (χ3v) is 3.33. The summed E-state index contributed by atoms with van der Waals surface area (Å²) in [5.74, 6) is 0.0195. The normalized spacial score (nSPS) is 10.1. The van der Waals surface area contributed by atoms with E-state index in [1.807, 2.05) is 13.0 Å². The Kier molecular flexibility index (Phi) is 4.62. The summed E-state index contributed by atoms with van der Waals surface area (Å²) in [7, 11) is 1.49. The Labute approximate surface area is 131 Å². The fourth-order valence-corrected chi connectivity index (χ4v) is 2.09. The lowest BCUT2D eigenvalue weighted by molar-refractivity contribution is -0.384. The summed E-state index contributed by atoms with van der Waals surface area (Å²) in [6.45, 7) is 1.88. The van der Waals surface area contributed by atoms with Gasteiger partial charge in [0.15, 0.2) is 0 Å². The first-order valence-electron chi connectivity index (χ1n) is 6.32. The number of hydrogen-bond acceptors (Lipinski definition) is 4. The number of rotatable bonds is 4. The molecule has 114 valence electrons. The Morgan fingerprint density at radius 3 is 2.64 bits per heavy atom. The lowest BCUT2D eigenvalue weighted by Crippen LogP contribution is -2.13. The number of amides is 1. The van der Waals surface area contributed by atoms with Gasteiger partial charge in [-0.25, -0.2) is 0 Å². The number of aryl methyl sites for hydroxylation is 1. The first-order chi connectivity index (χ1) is 10.4. The molecule has 22 heavy (non-hydrogen) atoms. The van der Waals surface area contributed by atoms with Crippen molar-refractivity contribution in [2.75, 3.05) is 12.4 Å². The molecule has 0 bridgehead atoms. The number of ether oxygens (including phenoxy) is 1. The van der Waals surface area contributed by atoms with Gasteiger partial charge in [-0.15, -0.1) is 0 Å². The van der Waals surface area contributed by atoms with Crippen molar-refractivity contribution in [3.05, 3.63) is 62.7 Å². The van der Waals surface area contributed by atoms with Gasteiger partial charge in [0, 0.05) is 11.6 Å². The van der Waals surface area contributed by atoms with E-state index < -0.39 is 10.8 Å². The van der Waals surface area contributed by atoms with E-state index in [2.05, 4.69) is 5.32 Å². The van der Waals surface area contributed by atoms with Crippen LogP contribution in [-0.4, -0.2) is 17.9 Å². The molecular weight excluding hydrogens is 308 g/mol. The summed E-state index contributed by atoms with van der Waals surface area (Å²) in [5.41, 5.74) is 1.26. The molecule has 2 rings (SSSR count). The first kappa shape index (κ1) is 15.8. The minimum atomic E-state index is -0.633. The van der Waals surface area contributed by atoms with Gasteiger partial charge in [0.25, 0.3) is 11.6 Å². The molecule has 0 aliphatic heterocycles. The maximum Gasteiger partial charge on any atom is 0.288 e. The van der Waals surface area contributed by atoms with Gasteiger partial charge in [0.05, 0.1) is 17.7 Å². The molecule has 0 aromatic heterocycles. The van der Waals surface area contributed by atoms with Crippen LogP contribution < -0.4 is 10.1 Å². The molecule has 0 unspecified atom stereocenters. The summed E-state index contributed by atoms with van der Waals surface area (Å²) in [5, 5.41) is 13.5. The van der Waals surface area contributed by atoms with Gasteiger partial charge in [0.1, 0.15) is 10.8 Å². The molecule has 0 atom stereocenters. The molecule has 1 amide bonds. The highest BCUT2D eigenvalue weighted by atomic mass is 35.5. The fourth-order valence-electron chi connectivity index (χ4n) is 1.91.